The van der Waals surface area contributed by atoms with Crippen molar-refractivity contribution in [3.8, 4) is 11.8 Å². The lowest BCUT2D eigenvalue weighted by Crippen LogP contribution is -2.25. The van der Waals surface area contributed by atoms with Crippen LogP contribution in [0.5, 0.6) is 5.75 Å². The predicted molar refractivity (Wildman–Crippen MR) is 62.4 cm³/mol. The number of pyridine rings is 1. The summed E-state index contributed by atoms with van der Waals surface area (Å²) in [4.78, 5) is 3.97. The van der Waals surface area contributed by atoms with Crippen LogP contribution < -0.4 is 4.74 Å². The Bertz CT molecular complexity index is 406. The number of aliphatic hydroxyl groups is 1. The van der Waals surface area contributed by atoms with E-state index in [1.807, 2.05) is 0 Å². The van der Waals surface area contributed by atoms with Gasteiger partial charge in [0.15, 0.2) is 5.75 Å². The second-order valence-electron chi connectivity index (χ2n) is 4.43. The van der Waals surface area contributed by atoms with Crippen LogP contribution in [0.2, 0.25) is 0 Å². The lowest BCUT2D eigenvalue weighted by atomic mass is 9.88. The zero-order valence-electron chi connectivity index (χ0n) is 9.67. The first-order valence-corrected chi connectivity index (χ1v) is 5.95. The Morgan fingerprint density at radius 3 is 2.82 bits per heavy atom. The smallest absolute Gasteiger partial charge is 0.155 e. The molecule has 1 saturated carbocycles. The molecule has 4 nitrogen and oxygen atoms in total. The Morgan fingerprint density at radius 1 is 1.41 bits per heavy atom. The number of nitriles is 1. The van der Waals surface area contributed by atoms with E-state index in [-0.39, 0.29) is 12.7 Å². The van der Waals surface area contributed by atoms with Gasteiger partial charge >= 0.3 is 0 Å². The van der Waals surface area contributed by atoms with Crippen LogP contribution in [0.1, 0.15) is 31.2 Å². The van der Waals surface area contributed by atoms with Crippen LogP contribution in [0, 0.1) is 17.2 Å². The molecule has 0 amide bonds. The highest BCUT2D eigenvalue weighted by molar-refractivity contribution is 5.40. The lowest BCUT2D eigenvalue weighted by Gasteiger charge is -2.27. The molecule has 1 aromatic heterocycles. The summed E-state index contributed by atoms with van der Waals surface area (Å²) >= 11 is 0. The minimum atomic E-state index is 0.147. The molecule has 0 bridgehead atoms. The minimum Gasteiger partial charge on any atom is -0.487 e. The molecule has 0 saturated heterocycles. The van der Waals surface area contributed by atoms with Gasteiger partial charge in [-0.1, -0.05) is 0 Å². The van der Waals surface area contributed by atoms with E-state index in [0.29, 0.717) is 17.2 Å². The van der Waals surface area contributed by atoms with E-state index in [2.05, 4.69) is 11.1 Å². The normalized spacial score (nSPS) is 24.0. The number of hydrogen-bond acceptors (Lipinski definition) is 4. The van der Waals surface area contributed by atoms with Crippen LogP contribution in [0.4, 0.5) is 0 Å². The number of aromatic nitrogens is 1. The van der Waals surface area contributed by atoms with Crippen LogP contribution in [-0.4, -0.2) is 22.8 Å². The topological polar surface area (TPSA) is 66.1 Å². The molecule has 0 aromatic carbocycles. The van der Waals surface area contributed by atoms with E-state index in [1.54, 1.807) is 18.5 Å². The molecular weight excluding hydrogens is 216 g/mol. The molecule has 90 valence electrons. The average Bonchev–Trinajstić information content (AvgIpc) is 2.40. The van der Waals surface area contributed by atoms with Crippen LogP contribution in [-0.2, 0) is 0 Å². The van der Waals surface area contributed by atoms with E-state index in [4.69, 9.17) is 15.1 Å². The van der Waals surface area contributed by atoms with Gasteiger partial charge in [-0.3, -0.25) is 4.98 Å². The monoisotopic (exact) mass is 232 g/mol. The van der Waals surface area contributed by atoms with Crippen molar-refractivity contribution in [2.75, 3.05) is 6.61 Å². The van der Waals surface area contributed by atoms with Gasteiger partial charge in [0, 0.05) is 12.8 Å². The molecule has 0 spiro atoms. The summed E-state index contributed by atoms with van der Waals surface area (Å²) in [6.45, 7) is 0.267. The van der Waals surface area contributed by atoms with Gasteiger partial charge in [0.25, 0.3) is 0 Å². The van der Waals surface area contributed by atoms with Gasteiger partial charge in [-0.25, -0.2) is 0 Å². The number of hydrogen-bond donors (Lipinski definition) is 1. The zero-order chi connectivity index (χ0) is 12.1. The first-order chi connectivity index (χ1) is 8.33. The molecule has 1 aliphatic rings. The summed E-state index contributed by atoms with van der Waals surface area (Å²) in [7, 11) is 0. The summed E-state index contributed by atoms with van der Waals surface area (Å²) in [5, 5.41) is 18.0. The molecule has 0 aliphatic heterocycles. The van der Waals surface area contributed by atoms with Crippen LogP contribution in [0.3, 0.4) is 0 Å². The third-order valence-corrected chi connectivity index (χ3v) is 3.25. The molecular formula is C13H16N2O2. The highest BCUT2D eigenvalue weighted by atomic mass is 16.5. The molecule has 0 atom stereocenters. The van der Waals surface area contributed by atoms with E-state index < -0.39 is 0 Å². The molecule has 0 unspecified atom stereocenters. The van der Waals surface area contributed by atoms with E-state index in [0.717, 1.165) is 25.7 Å². The highest BCUT2D eigenvalue weighted by Gasteiger charge is 2.22. The van der Waals surface area contributed by atoms with Crippen LogP contribution >= 0.6 is 0 Å². The number of aliphatic hydroxyl groups excluding tert-OH is 1. The Labute approximate surface area is 101 Å². The van der Waals surface area contributed by atoms with Crippen molar-refractivity contribution in [2.24, 2.45) is 5.92 Å². The number of rotatable bonds is 3. The van der Waals surface area contributed by atoms with Crippen molar-refractivity contribution in [2.45, 2.75) is 31.8 Å². The van der Waals surface area contributed by atoms with Crippen molar-refractivity contribution in [1.29, 1.82) is 5.26 Å². The van der Waals surface area contributed by atoms with Gasteiger partial charge < -0.3 is 9.84 Å². The molecule has 2 rings (SSSR count). The zero-order valence-corrected chi connectivity index (χ0v) is 9.67. The Kier molecular flexibility index (Phi) is 3.94. The first-order valence-electron chi connectivity index (χ1n) is 5.95. The number of nitrogens with zero attached hydrogens (tertiary/aromatic N) is 2. The molecule has 1 aliphatic carbocycles. The standard InChI is InChI=1S/C13H16N2O2/c14-7-11-5-6-15-8-13(11)17-12-3-1-10(9-16)2-4-12/h5-6,8,10,12,16H,1-4,9H2. The van der Waals surface area contributed by atoms with Crippen molar-refractivity contribution in [3.63, 3.8) is 0 Å². The van der Waals surface area contributed by atoms with Gasteiger partial charge in [0.05, 0.1) is 17.9 Å². The van der Waals surface area contributed by atoms with E-state index in [9.17, 15) is 0 Å². The summed E-state index contributed by atoms with van der Waals surface area (Å²) in [5.74, 6) is 0.988. The number of ether oxygens (including phenoxy) is 1. The maximum atomic E-state index is 9.06. The summed E-state index contributed by atoms with van der Waals surface area (Å²) < 4.78 is 5.80. The highest BCUT2D eigenvalue weighted by Crippen LogP contribution is 2.28. The Morgan fingerprint density at radius 2 is 2.18 bits per heavy atom. The molecule has 1 aromatic rings. The maximum Gasteiger partial charge on any atom is 0.155 e. The fourth-order valence-electron chi connectivity index (χ4n) is 2.18. The third kappa shape index (κ3) is 2.95. The van der Waals surface area contributed by atoms with Crippen molar-refractivity contribution in [3.05, 3.63) is 24.0 Å². The molecule has 4 heteroatoms. The van der Waals surface area contributed by atoms with Crippen molar-refractivity contribution < 1.29 is 9.84 Å². The van der Waals surface area contributed by atoms with Gasteiger partial charge in [-0.2, -0.15) is 5.26 Å². The van der Waals surface area contributed by atoms with Crippen molar-refractivity contribution in [1.82, 2.24) is 4.98 Å². The van der Waals surface area contributed by atoms with E-state index >= 15 is 0 Å². The van der Waals surface area contributed by atoms with Gasteiger partial charge in [0.1, 0.15) is 6.07 Å². The van der Waals surface area contributed by atoms with Crippen LogP contribution in [0.25, 0.3) is 0 Å². The molecule has 0 radical (unpaired) electrons. The Hall–Kier alpha value is -1.60. The minimum absolute atomic E-state index is 0.147. The van der Waals surface area contributed by atoms with Gasteiger partial charge in [-0.05, 0) is 37.7 Å². The lowest BCUT2D eigenvalue weighted by molar-refractivity contribution is 0.103. The summed E-state index contributed by atoms with van der Waals surface area (Å²) in [5.41, 5.74) is 0.532. The quantitative estimate of drug-likeness (QED) is 0.864. The molecule has 17 heavy (non-hydrogen) atoms. The molecule has 1 N–H and O–H groups in total. The molecule has 1 fully saturated rings. The predicted octanol–water partition coefficient (Wildman–Crippen LogP) is 1.88. The summed E-state index contributed by atoms with van der Waals surface area (Å²) in [6, 6.07) is 3.76. The van der Waals surface area contributed by atoms with Gasteiger partial charge in [-0.15, -0.1) is 0 Å². The Balaban J connectivity index is 1.96. The fraction of sp³-hybridized carbons (Fsp3) is 0.538. The van der Waals surface area contributed by atoms with E-state index in [1.165, 1.54) is 0 Å². The SMILES string of the molecule is N#Cc1ccncc1OC1CCC(CO)CC1. The third-order valence-electron chi connectivity index (χ3n) is 3.25. The first kappa shape index (κ1) is 11.9. The fourth-order valence-corrected chi connectivity index (χ4v) is 2.18. The largest absolute Gasteiger partial charge is 0.487 e. The van der Waals surface area contributed by atoms with Crippen molar-refractivity contribution >= 4 is 0 Å². The van der Waals surface area contributed by atoms with Gasteiger partial charge in [0.2, 0.25) is 0 Å². The maximum absolute atomic E-state index is 9.06. The second-order valence-corrected chi connectivity index (χ2v) is 4.43. The molecule has 1 heterocycles. The second kappa shape index (κ2) is 5.65. The van der Waals surface area contributed by atoms with Crippen LogP contribution in [0.15, 0.2) is 18.5 Å². The average molecular weight is 232 g/mol. The summed E-state index contributed by atoms with van der Waals surface area (Å²) in [6.07, 6.45) is 7.18.